The summed E-state index contributed by atoms with van der Waals surface area (Å²) in [6, 6.07) is 12.9. The fraction of sp³-hybridized carbons (Fsp3) is 0.519. The Kier molecular flexibility index (Phi) is 6.06. The number of ether oxygens (including phenoxy) is 1. The summed E-state index contributed by atoms with van der Waals surface area (Å²) < 4.78 is 7.88. The Morgan fingerprint density at radius 1 is 1.18 bits per heavy atom. The minimum Gasteiger partial charge on any atom is -0.444 e. The number of aryl methyl sites for hydroxylation is 1. The van der Waals surface area contributed by atoms with E-state index in [1.54, 1.807) is 4.90 Å². The predicted molar refractivity (Wildman–Crippen MR) is 132 cm³/mol. The second-order valence-electron chi connectivity index (χ2n) is 10.7. The average Bonchev–Trinajstić information content (AvgIpc) is 3.10. The maximum atomic E-state index is 12.4. The number of imidazole rings is 1. The van der Waals surface area contributed by atoms with E-state index in [2.05, 4.69) is 40.8 Å². The van der Waals surface area contributed by atoms with Crippen molar-refractivity contribution in [2.75, 3.05) is 20.1 Å². The molecule has 0 spiro atoms. The van der Waals surface area contributed by atoms with Gasteiger partial charge in [-0.3, -0.25) is 9.88 Å². The van der Waals surface area contributed by atoms with Gasteiger partial charge in [-0.25, -0.2) is 9.78 Å². The summed E-state index contributed by atoms with van der Waals surface area (Å²) in [5, 5.41) is 0. The number of para-hydroxylation sites is 2. The maximum Gasteiger partial charge on any atom is 0.410 e. The maximum absolute atomic E-state index is 12.4. The number of rotatable bonds is 5. The Morgan fingerprint density at radius 2 is 1.97 bits per heavy atom. The number of carbonyl (C=O) groups is 1. The molecular weight excluding hydrogens is 426 g/mol. The van der Waals surface area contributed by atoms with E-state index in [1.807, 2.05) is 39.1 Å². The highest BCUT2D eigenvalue weighted by molar-refractivity contribution is 5.76. The van der Waals surface area contributed by atoms with E-state index in [1.165, 1.54) is 17.7 Å². The van der Waals surface area contributed by atoms with Crippen molar-refractivity contribution < 1.29 is 9.53 Å². The highest BCUT2D eigenvalue weighted by Gasteiger charge is 2.35. The number of likely N-dealkylation sites (tertiary alicyclic amines) is 1. The van der Waals surface area contributed by atoms with Gasteiger partial charge in [0.15, 0.2) is 0 Å². The SMILES string of the molecule is CN(Cc1nc2ccccc2n1CC1CN(C(=O)OC(C)(C)C)C1)C1CCCc2cccnc21. The van der Waals surface area contributed by atoms with Gasteiger partial charge in [0.1, 0.15) is 11.4 Å². The summed E-state index contributed by atoms with van der Waals surface area (Å²) in [6.07, 6.45) is 5.11. The zero-order valence-corrected chi connectivity index (χ0v) is 20.7. The Bertz CT molecular complexity index is 1180. The third-order valence-corrected chi connectivity index (χ3v) is 6.87. The molecule has 1 aliphatic heterocycles. The number of carbonyl (C=O) groups excluding carboxylic acids is 1. The fourth-order valence-electron chi connectivity index (χ4n) is 5.22. The number of amides is 1. The van der Waals surface area contributed by atoms with Gasteiger partial charge in [-0.2, -0.15) is 0 Å². The molecule has 0 N–H and O–H groups in total. The summed E-state index contributed by atoms with van der Waals surface area (Å²) in [6.45, 7) is 8.77. The number of hydrogen-bond acceptors (Lipinski definition) is 5. The average molecular weight is 462 g/mol. The van der Waals surface area contributed by atoms with E-state index in [0.29, 0.717) is 12.0 Å². The number of aromatic nitrogens is 3. The van der Waals surface area contributed by atoms with E-state index in [0.717, 1.165) is 55.9 Å². The molecule has 34 heavy (non-hydrogen) atoms. The third kappa shape index (κ3) is 4.67. The summed E-state index contributed by atoms with van der Waals surface area (Å²) in [7, 11) is 2.19. The van der Waals surface area contributed by atoms with Crippen LogP contribution < -0.4 is 0 Å². The van der Waals surface area contributed by atoms with Crippen LogP contribution in [0.2, 0.25) is 0 Å². The molecule has 1 aromatic carbocycles. The number of benzene rings is 1. The van der Waals surface area contributed by atoms with Crippen molar-refractivity contribution in [2.45, 2.75) is 64.8 Å². The largest absolute Gasteiger partial charge is 0.444 e. The lowest BCUT2D eigenvalue weighted by Crippen LogP contribution is -2.52. The van der Waals surface area contributed by atoms with E-state index in [4.69, 9.17) is 14.7 Å². The second kappa shape index (κ2) is 9.02. The van der Waals surface area contributed by atoms with Crippen LogP contribution in [0.5, 0.6) is 0 Å². The van der Waals surface area contributed by atoms with Crippen LogP contribution in [0.15, 0.2) is 42.6 Å². The molecule has 1 fully saturated rings. The zero-order chi connectivity index (χ0) is 23.9. The normalized spacial score (nSPS) is 18.7. The van der Waals surface area contributed by atoms with Crippen molar-refractivity contribution in [3.05, 3.63) is 59.7 Å². The van der Waals surface area contributed by atoms with Crippen LogP contribution in [0.1, 0.15) is 56.7 Å². The topological polar surface area (TPSA) is 63.5 Å². The molecule has 1 amide bonds. The molecule has 1 atom stereocenters. The van der Waals surface area contributed by atoms with Gasteiger partial charge in [-0.1, -0.05) is 18.2 Å². The number of hydrogen-bond donors (Lipinski definition) is 0. The standard InChI is InChI=1S/C27H35N5O2/c1-27(2,3)34-26(33)31-15-19(16-31)17-32-22-12-6-5-11-21(22)29-24(32)18-30(4)23-13-7-9-20-10-8-14-28-25(20)23/h5-6,8,10-12,14,19,23H,7,9,13,15-18H2,1-4H3. The van der Waals surface area contributed by atoms with Crippen molar-refractivity contribution in [3.63, 3.8) is 0 Å². The molecular formula is C27H35N5O2. The fourth-order valence-corrected chi connectivity index (χ4v) is 5.22. The van der Waals surface area contributed by atoms with E-state index < -0.39 is 5.60 Å². The van der Waals surface area contributed by atoms with Crippen molar-refractivity contribution in [1.29, 1.82) is 0 Å². The van der Waals surface area contributed by atoms with Crippen LogP contribution in [-0.4, -0.2) is 56.2 Å². The van der Waals surface area contributed by atoms with Crippen LogP contribution >= 0.6 is 0 Å². The Labute approximate surface area is 201 Å². The van der Waals surface area contributed by atoms with Crippen LogP contribution in [0.25, 0.3) is 11.0 Å². The minimum atomic E-state index is -0.465. The van der Waals surface area contributed by atoms with Crippen molar-refractivity contribution in [1.82, 2.24) is 24.3 Å². The monoisotopic (exact) mass is 461 g/mol. The van der Waals surface area contributed by atoms with Gasteiger partial charge >= 0.3 is 6.09 Å². The molecule has 180 valence electrons. The Balaban J connectivity index is 1.32. The molecule has 1 aliphatic carbocycles. The summed E-state index contributed by atoms with van der Waals surface area (Å²) in [5.41, 5.74) is 4.30. The van der Waals surface area contributed by atoms with E-state index in [9.17, 15) is 4.79 Å². The second-order valence-corrected chi connectivity index (χ2v) is 10.7. The number of nitrogens with zero attached hydrogens (tertiary/aromatic N) is 5. The zero-order valence-electron chi connectivity index (χ0n) is 20.7. The lowest BCUT2D eigenvalue weighted by Gasteiger charge is -2.40. The van der Waals surface area contributed by atoms with Crippen molar-refractivity contribution in [2.24, 2.45) is 5.92 Å². The van der Waals surface area contributed by atoms with E-state index >= 15 is 0 Å². The minimum absolute atomic E-state index is 0.220. The van der Waals surface area contributed by atoms with Crippen LogP contribution in [0, 0.1) is 5.92 Å². The first-order chi connectivity index (χ1) is 16.3. The number of pyridine rings is 1. The molecule has 0 bridgehead atoms. The van der Waals surface area contributed by atoms with Gasteiger partial charge in [0.05, 0.1) is 29.3 Å². The van der Waals surface area contributed by atoms with Crippen molar-refractivity contribution in [3.8, 4) is 0 Å². The molecule has 0 saturated carbocycles. The summed E-state index contributed by atoms with van der Waals surface area (Å²) in [4.78, 5) is 26.3. The van der Waals surface area contributed by atoms with Gasteiger partial charge in [-0.05, 0) is 70.8 Å². The Hall–Kier alpha value is -2.93. The highest BCUT2D eigenvalue weighted by Crippen LogP contribution is 2.33. The molecule has 1 unspecified atom stereocenters. The smallest absolute Gasteiger partial charge is 0.410 e. The molecule has 2 aliphatic rings. The molecule has 5 rings (SSSR count). The highest BCUT2D eigenvalue weighted by atomic mass is 16.6. The summed E-state index contributed by atoms with van der Waals surface area (Å²) >= 11 is 0. The van der Waals surface area contributed by atoms with Crippen LogP contribution in [-0.2, 0) is 24.2 Å². The molecule has 2 aromatic heterocycles. The lowest BCUT2D eigenvalue weighted by molar-refractivity contribution is -0.00334. The molecule has 3 aromatic rings. The molecule has 3 heterocycles. The van der Waals surface area contributed by atoms with Gasteiger partial charge in [-0.15, -0.1) is 0 Å². The summed E-state index contributed by atoms with van der Waals surface area (Å²) in [5.74, 6) is 1.47. The molecule has 7 nitrogen and oxygen atoms in total. The van der Waals surface area contributed by atoms with Gasteiger partial charge in [0, 0.05) is 31.7 Å². The number of fused-ring (bicyclic) bond motifs is 2. The first kappa shape index (κ1) is 22.8. The quantitative estimate of drug-likeness (QED) is 0.546. The first-order valence-electron chi connectivity index (χ1n) is 12.3. The third-order valence-electron chi connectivity index (χ3n) is 6.87. The van der Waals surface area contributed by atoms with Crippen LogP contribution in [0.4, 0.5) is 4.79 Å². The molecule has 1 saturated heterocycles. The van der Waals surface area contributed by atoms with Gasteiger partial charge in [0.2, 0.25) is 0 Å². The van der Waals surface area contributed by atoms with Crippen molar-refractivity contribution >= 4 is 17.1 Å². The lowest BCUT2D eigenvalue weighted by atomic mass is 9.91. The predicted octanol–water partition coefficient (Wildman–Crippen LogP) is 4.81. The molecule has 0 radical (unpaired) electrons. The first-order valence-corrected chi connectivity index (χ1v) is 12.3. The molecule has 7 heteroatoms. The van der Waals surface area contributed by atoms with E-state index in [-0.39, 0.29) is 6.09 Å². The Morgan fingerprint density at radius 3 is 2.76 bits per heavy atom. The van der Waals surface area contributed by atoms with Gasteiger partial charge < -0.3 is 14.2 Å². The van der Waals surface area contributed by atoms with Crippen LogP contribution in [0.3, 0.4) is 0 Å². The van der Waals surface area contributed by atoms with Gasteiger partial charge in [0.25, 0.3) is 0 Å².